The molecule has 1 aliphatic heterocycles. The minimum absolute atomic E-state index is 0.129. The van der Waals surface area contributed by atoms with Crippen molar-refractivity contribution in [2.24, 2.45) is 0 Å². The van der Waals surface area contributed by atoms with Crippen LogP contribution < -0.4 is 29.6 Å². The van der Waals surface area contributed by atoms with E-state index in [2.05, 4.69) is 10.6 Å². The Morgan fingerprint density at radius 1 is 1.00 bits per heavy atom. The van der Waals surface area contributed by atoms with Crippen LogP contribution in [0.2, 0.25) is 0 Å². The molecule has 0 radical (unpaired) electrons. The smallest absolute Gasteiger partial charge is 0.291 e. The quantitative estimate of drug-likeness (QED) is 0.470. The van der Waals surface area contributed by atoms with Gasteiger partial charge in [0, 0.05) is 17.7 Å². The normalized spacial score (nSPS) is 13.3. The number of ether oxygens (including phenoxy) is 4. The van der Waals surface area contributed by atoms with E-state index in [1.165, 1.54) is 0 Å². The Hall–Kier alpha value is -4.46. The number of fused-ring (bicyclic) bond motifs is 1. The van der Waals surface area contributed by atoms with E-state index in [1.54, 1.807) is 50.6 Å². The Morgan fingerprint density at radius 2 is 1.80 bits per heavy atom. The second kappa shape index (κ2) is 10.6. The van der Waals surface area contributed by atoms with Crippen LogP contribution in [-0.2, 0) is 11.3 Å². The molecule has 1 aliphatic rings. The largest absolute Gasteiger partial charge is 0.496 e. The molecule has 3 aromatic carbocycles. The van der Waals surface area contributed by atoms with Crippen molar-refractivity contribution in [2.45, 2.75) is 13.5 Å². The maximum atomic E-state index is 12.7. The van der Waals surface area contributed by atoms with Gasteiger partial charge in [0.1, 0.15) is 5.75 Å². The molecule has 3 aromatic rings. The number of hydrogen-bond acceptors (Lipinski definition) is 6. The SMILES string of the molecule is CCOc1cc(CNC(=O)c2ccc3c(c2)NC(=O)/C(=C\c2ccccc2OC)O3)ccc1OC. The molecule has 0 fully saturated rings. The number of anilines is 1. The maximum Gasteiger partial charge on any atom is 0.291 e. The van der Waals surface area contributed by atoms with E-state index in [9.17, 15) is 9.59 Å². The molecule has 0 bridgehead atoms. The standard InChI is InChI=1S/C27H26N2O6/c1-4-34-24-13-17(9-11-23(24)33-3)16-28-26(30)19-10-12-22-20(14-19)29-27(31)25(35-22)15-18-7-5-6-8-21(18)32-2/h5-15H,4,16H2,1-3H3,(H,28,30)(H,29,31)/b25-15+. The number of benzene rings is 3. The van der Waals surface area contributed by atoms with Crippen LogP contribution in [0.1, 0.15) is 28.4 Å². The van der Waals surface area contributed by atoms with Crippen LogP contribution >= 0.6 is 0 Å². The van der Waals surface area contributed by atoms with Crippen molar-refractivity contribution < 1.29 is 28.5 Å². The van der Waals surface area contributed by atoms with Crippen molar-refractivity contribution in [3.63, 3.8) is 0 Å². The molecule has 0 atom stereocenters. The van der Waals surface area contributed by atoms with Crippen molar-refractivity contribution in [1.29, 1.82) is 0 Å². The fourth-order valence-electron chi connectivity index (χ4n) is 3.61. The zero-order chi connectivity index (χ0) is 24.8. The number of nitrogens with one attached hydrogen (secondary N) is 2. The second-order valence-electron chi connectivity index (χ2n) is 7.62. The van der Waals surface area contributed by atoms with Gasteiger partial charge in [-0.15, -0.1) is 0 Å². The van der Waals surface area contributed by atoms with Gasteiger partial charge in [-0.05, 0) is 55.0 Å². The lowest BCUT2D eigenvalue weighted by Gasteiger charge is -2.21. The van der Waals surface area contributed by atoms with Gasteiger partial charge in [-0.2, -0.15) is 0 Å². The number of hydrogen-bond donors (Lipinski definition) is 2. The topological polar surface area (TPSA) is 95.1 Å². The van der Waals surface area contributed by atoms with Gasteiger partial charge in [0.25, 0.3) is 11.8 Å². The summed E-state index contributed by atoms with van der Waals surface area (Å²) < 4.78 is 22.0. The Bertz CT molecular complexity index is 1280. The van der Waals surface area contributed by atoms with Crippen molar-refractivity contribution in [3.05, 3.63) is 83.1 Å². The molecule has 35 heavy (non-hydrogen) atoms. The highest BCUT2D eigenvalue weighted by atomic mass is 16.5. The first-order chi connectivity index (χ1) is 17.0. The Balaban J connectivity index is 1.46. The molecule has 2 amide bonds. The molecule has 8 nitrogen and oxygen atoms in total. The first-order valence-electron chi connectivity index (χ1n) is 11.1. The molecule has 180 valence electrons. The highest BCUT2D eigenvalue weighted by Gasteiger charge is 2.23. The fraction of sp³-hybridized carbons (Fsp3) is 0.185. The summed E-state index contributed by atoms with van der Waals surface area (Å²) in [5.74, 6) is 1.75. The molecule has 0 aromatic heterocycles. The maximum absolute atomic E-state index is 12.7. The van der Waals surface area contributed by atoms with Gasteiger partial charge in [-0.25, -0.2) is 0 Å². The number of methoxy groups -OCH3 is 2. The lowest BCUT2D eigenvalue weighted by molar-refractivity contribution is -0.115. The van der Waals surface area contributed by atoms with E-state index in [-0.39, 0.29) is 11.7 Å². The summed E-state index contributed by atoms with van der Waals surface area (Å²) in [5.41, 5.74) is 2.39. The van der Waals surface area contributed by atoms with E-state index in [0.717, 1.165) is 5.56 Å². The zero-order valence-electron chi connectivity index (χ0n) is 19.7. The minimum Gasteiger partial charge on any atom is -0.496 e. The summed E-state index contributed by atoms with van der Waals surface area (Å²) in [6.07, 6.45) is 1.61. The molecular weight excluding hydrogens is 448 g/mol. The van der Waals surface area contributed by atoms with Gasteiger partial charge >= 0.3 is 0 Å². The average Bonchev–Trinajstić information content (AvgIpc) is 2.88. The summed E-state index contributed by atoms with van der Waals surface area (Å²) >= 11 is 0. The summed E-state index contributed by atoms with van der Waals surface area (Å²) in [6.45, 7) is 2.70. The van der Waals surface area contributed by atoms with Gasteiger partial charge in [-0.3, -0.25) is 9.59 Å². The Kier molecular flexibility index (Phi) is 7.21. The van der Waals surface area contributed by atoms with Crippen molar-refractivity contribution in [3.8, 4) is 23.0 Å². The predicted molar refractivity (Wildman–Crippen MR) is 132 cm³/mol. The van der Waals surface area contributed by atoms with E-state index >= 15 is 0 Å². The molecule has 0 aliphatic carbocycles. The van der Waals surface area contributed by atoms with Gasteiger partial charge in [0.2, 0.25) is 0 Å². The van der Waals surface area contributed by atoms with Crippen LogP contribution in [0.25, 0.3) is 6.08 Å². The fourth-order valence-corrected chi connectivity index (χ4v) is 3.61. The molecule has 0 saturated heterocycles. The molecule has 0 spiro atoms. The molecule has 0 saturated carbocycles. The number of rotatable bonds is 8. The number of para-hydroxylation sites is 1. The highest BCUT2D eigenvalue weighted by molar-refractivity contribution is 6.09. The molecule has 0 unspecified atom stereocenters. The van der Waals surface area contributed by atoms with Crippen molar-refractivity contribution in [2.75, 3.05) is 26.1 Å². The third-order valence-corrected chi connectivity index (χ3v) is 5.34. The van der Waals surface area contributed by atoms with E-state index in [1.807, 2.05) is 37.3 Å². The molecule has 8 heteroatoms. The van der Waals surface area contributed by atoms with Gasteiger partial charge in [0.05, 0.1) is 26.5 Å². The lowest BCUT2D eigenvalue weighted by Crippen LogP contribution is -2.25. The van der Waals surface area contributed by atoms with Crippen LogP contribution in [0.4, 0.5) is 5.69 Å². The van der Waals surface area contributed by atoms with Gasteiger partial charge in [0.15, 0.2) is 23.0 Å². The highest BCUT2D eigenvalue weighted by Crippen LogP contribution is 2.33. The number of carbonyl (C=O) groups is 2. The molecule has 2 N–H and O–H groups in total. The van der Waals surface area contributed by atoms with Crippen LogP contribution in [0, 0.1) is 0 Å². The molecular formula is C27H26N2O6. The monoisotopic (exact) mass is 474 g/mol. The average molecular weight is 475 g/mol. The zero-order valence-corrected chi connectivity index (χ0v) is 19.7. The van der Waals surface area contributed by atoms with Crippen LogP contribution in [0.5, 0.6) is 23.0 Å². The van der Waals surface area contributed by atoms with Crippen molar-refractivity contribution >= 4 is 23.6 Å². The molecule has 4 rings (SSSR count). The summed E-state index contributed by atoms with van der Waals surface area (Å²) in [4.78, 5) is 25.4. The van der Waals surface area contributed by atoms with Crippen LogP contribution in [0.3, 0.4) is 0 Å². The lowest BCUT2D eigenvalue weighted by atomic mass is 10.1. The molecule has 1 heterocycles. The minimum atomic E-state index is -0.414. The van der Waals surface area contributed by atoms with E-state index in [4.69, 9.17) is 18.9 Å². The third-order valence-electron chi connectivity index (χ3n) is 5.34. The Labute approximate surface area is 203 Å². The van der Waals surface area contributed by atoms with Crippen LogP contribution in [-0.4, -0.2) is 32.6 Å². The van der Waals surface area contributed by atoms with Gasteiger partial charge in [-0.1, -0.05) is 24.3 Å². The van der Waals surface area contributed by atoms with E-state index in [0.29, 0.717) is 53.0 Å². The van der Waals surface area contributed by atoms with Crippen LogP contribution in [0.15, 0.2) is 66.4 Å². The number of carbonyl (C=O) groups excluding carboxylic acids is 2. The number of amides is 2. The second-order valence-corrected chi connectivity index (χ2v) is 7.62. The van der Waals surface area contributed by atoms with E-state index < -0.39 is 5.91 Å². The summed E-state index contributed by atoms with van der Waals surface area (Å²) in [5, 5.41) is 5.67. The predicted octanol–water partition coefficient (Wildman–Crippen LogP) is 4.40. The van der Waals surface area contributed by atoms with Crippen molar-refractivity contribution in [1.82, 2.24) is 5.32 Å². The first kappa shape index (κ1) is 23.7. The first-order valence-corrected chi connectivity index (χ1v) is 11.1. The summed E-state index contributed by atoms with van der Waals surface area (Å²) in [6, 6.07) is 17.7. The Morgan fingerprint density at radius 3 is 2.57 bits per heavy atom. The third kappa shape index (κ3) is 5.38. The summed E-state index contributed by atoms with van der Waals surface area (Å²) in [7, 11) is 3.14. The van der Waals surface area contributed by atoms with Gasteiger partial charge < -0.3 is 29.6 Å².